The van der Waals surface area contributed by atoms with Gasteiger partial charge in [0.1, 0.15) is 0 Å². The predicted molar refractivity (Wildman–Crippen MR) is 132 cm³/mol. The van der Waals surface area contributed by atoms with Crippen LogP contribution in [0.25, 0.3) is 0 Å². The van der Waals surface area contributed by atoms with Gasteiger partial charge in [0.05, 0.1) is 13.2 Å². The highest BCUT2D eigenvalue weighted by molar-refractivity contribution is 4.86. The van der Waals surface area contributed by atoms with Gasteiger partial charge in [-0.3, -0.25) is 0 Å². The van der Waals surface area contributed by atoms with E-state index >= 15 is 0 Å². The molecule has 0 N–H and O–H groups in total. The first-order valence-electron chi connectivity index (χ1n) is 12.8. The molecule has 0 fully saturated rings. The summed E-state index contributed by atoms with van der Waals surface area (Å²) in [7, 11) is 0. The summed E-state index contributed by atoms with van der Waals surface area (Å²) in [5.41, 5.74) is 0.658. The third-order valence-electron chi connectivity index (χ3n) is 5.86. The lowest BCUT2D eigenvalue weighted by Crippen LogP contribution is -2.37. The summed E-state index contributed by atoms with van der Waals surface area (Å²) in [4.78, 5) is 0. The molecule has 0 aliphatic rings. The van der Waals surface area contributed by atoms with Gasteiger partial charge in [-0.05, 0) is 84.9 Å². The second-order valence-electron chi connectivity index (χ2n) is 13.1. The minimum absolute atomic E-state index is 0.329. The smallest absolute Gasteiger partial charge is 0.0522 e. The predicted octanol–water partition coefficient (Wildman–Crippen LogP) is 9.25. The molecule has 1 heteroatoms. The normalized spacial score (nSPS) is 13.9. The van der Waals surface area contributed by atoms with E-state index in [0.29, 0.717) is 10.8 Å². The molecule has 176 valence electrons. The number of rotatable bonds is 16. The molecular formula is C28H58O. The van der Waals surface area contributed by atoms with E-state index in [1.54, 1.807) is 0 Å². The van der Waals surface area contributed by atoms with Gasteiger partial charge < -0.3 is 4.74 Å². The largest absolute Gasteiger partial charge is 0.380 e. The van der Waals surface area contributed by atoms with Crippen molar-refractivity contribution in [2.24, 2.45) is 46.3 Å². The van der Waals surface area contributed by atoms with Crippen LogP contribution in [0, 0.1) is 46.3 Å². The summed E-state index contributed by atoms with van der Waals surface area (Å²) in [6.07, 6.45) is 7.72. The summed E-state index contributed by atoms with van der Waals surface area (Å²) in [6, 6.07) is 0. The summed E-state index contributed by atoms with van der Waals surface area (Å²) < 4.78 is 6.77. The molecular weight excluding hydrogens is 352 g/mol. The highest BCUT2D eigenvalue weighted by Gasteiger charge is 2.36. The summed E-state index contributed by atoms with van der Waals surface area (Å²) in [6.45, 7) is 30.5. The fourth-order valence-electron chi connectivity index (χ4n) is 6.53. The maximum atomic E-state index is 6.77. The summed E-state index contributed by atoms with van der Waals surface area (Å²) in [5, 5.41) is 0. The molecule has 1 nitrogen and oxygen atoms in total. The van der Waals surface area contributed by atoms with Crippen LogP contribution in [0.4, 0.5) is 0 Å². The van der Waals surface area contributed by atoms with Gasteiger partial charge in [-0.2, -0.15) is 0 Å². The van der Waals surface area contributed by atoms with Gasteiger partial charge in [-0.1, -0.05) is 83.1 Å². The lowest BCUT2D eigenvalue weighted by molar-refractivity contribution is -0.0498. The molecule has 0 unspecified atom stereocenters. The van der Waals surface area contributed by atoms with Gasteiger partial charge in [0, 0.05) is 0 Å². The Morgan fingerprint density at radius 3 is 0.690 bits per heavy atom. The van der Waals surface area contributed by atoms with Crippen LogP contribution in [0.5, 0.6) is 0 Å². The zero-order chi connectivity index (χ0) is 22.8. The molecule has 0 aromatic heterocycles. The molecule has 0 radical (unpaired) electrons. The van der Waals surface area contributed by atoms with Crippen LogP contribution in [-0.4, -0.2) is 13.2 Å². The minimum atomic E-state index is 0.329. The molecule has 29 heavy (non-hydrogen) atoms. The summed E-state index contributed by atoms with van der Waals surface area (Å²) in [5.74, 6) is 4.35. The lowest BCUT2D eigenvalue weighted by Gasteiger charge is -2.42. The quantitative estimate of drug-likeness (QED) is 0.246. The average molecular weight is 411 g/mol. The van der Waals surface area contributed by atoms with Gasteiger partial charge in [-0.15, -0.1) is 0 Å². The Morgan fingerprint density at radius 2 is 0.552 bits per heavy atom. The first-order chi connectivity index (χ1) is 13.2. The molecule has 0 aliphatic heterocycles. The third-order valence-corrected chi connectivity index (χ3v) is 5.86. The molecule has 0 spiro atoms. The van der Waals surface area contributed by atoms with Gasteiger partial charge in [-0.25, -0.2) is 0 Å². The van der Waals surface area contributed by atoms with Gasteiger partial charge in [0.2, 0.25) is 0 Å². The van der Waals surface area contributed by atoms with Crippen molar-refractivity contribution in [2.45, 2.75) is 122 Å². The van der Waals surface area contributed by atoms with Crippen LogP contribution >= 0.6 is 0 Å². The second kappa shape index (κ2) is 13.4. The van der Waals surface area contributed by atoms with E-state index in [1.807, 2.05) is 0 Å². The van der Waals surface area contributed by atoms with E-state index in [1.165, 1.54) is 38.5 Å². The molecule has 0 aliphatic carbocycles. The maximum Gasteiger partial charge on any atom is 0.0522 e. The van der Waals surface area contributed by atoms with Crippen molar-refractivity contribution in [1.29, 1.82) is 0 Å². The fraction of sp³-hybridized carbons (Fsp3) is 1.00. The Kier molecular flexibility index (Phi) is 13.4. The highest BCUT2D eigenvalue weighted by Crippen LogP contribution is 2.43. The molecule has 0 aromatic rings. The maximum absolute atomic E-state index is 6.77. The Hall–Kier alpha value is -0.0400. The molecule has 0 rings (SSSR count). The standard InChI is InChI=1S/C28H58O/c1-21(2)13-27(14-22(3)4,15-23(5)6)19-29-20-28(16-24(7)8,17-25(9)10)18-26(11)12/h21-26H,13-20H2,1-12H3. The minimum Gasteiger partial charge on any atom is -0.380 e. The van der Waals surface area contributed by atoms with Gasteiger partial charge in [0.15, 0.2) is 0 Å². The van der Waals surface area contributed by atoms with Crippen molar-refractivity contribution >= 4 is 0 Å². The number of ether oxygens (including phenoxy) is 1. The van der Waals surface area contributed by atoms with Crippen molar-refractivity contribution in [3.63, 3.8) is 0 Å². The number of hydrogen-bond donors (Lipinski definition) is 0. The van der Waals surface area contributed by atoms with Crippen molar-refractivity contribution in [2.75, 3.05) is 13.2 Å². The van der Waals surface area contributed by atoms with Gasteiger partial charge in [0.25, 0.3) is 0 Å². The van der Waals surface area contributed by atoms with Crippen LogP contribution in [0.1, 0.15) is 122 Å². The average Bonchev–Trinajstić information content (AvgIpc) is 2.41. The van der Waals surface area contributed by atoms with E-state index in [2.05, 4.69) is 83.1 Å². The van der Waals surface area contributed by atoms with Crippen LogP contribution in [-0.2, 0) is 4.74 Å². The summed E-state index contributed by atoms with van der Waals surface area (Å²) >= 11 is 0. The van der Waals surface area contributed by atoms with Crippen LogP contribution < -0.4 is 0 Å². The second-order valence-corrected chi connectivity index (χ2v) is 13.1. The lowest BCUT2D eigenvalue weighted by atomic mass is 9.69. The topological polar surface area (TPSA) is 9.23 Å². The van der Waals surface area contributed by atoms with E-state index < -0.39 is 0 Å². The van der Waals surface area contributed by atoms with Gasteiger partial charge >= 0.3 is 0 Å². The molecule has 0 aromatic carbocycles. The molecule has 0 heterocycles. The Morgan fingerprint density at radius 1 is 0.379 bits per heavy atom. The van der Waals surface area contributed by atoms with Crippen molar-refractivity contribution in [3.05, 3.63) is 0 Å². The zero-order valence-electron chi connectivity index (χ0n) is 22.5. The van der Waals surface area contributed by atoms with Crippen LogP contribution in [0.3, 0.4) is 0 Å². The third kappa shape index (κ3) is 13.1. The molecule has 0 saturated carbocycles. The number of hydrogen-bond acceptors (Lipinski definition) is 1. The Bertz CT molecular complexity index is 311. The SMILES string of the molecule is CC(C)CC(COCC(CC(C)C)(CC(C)C)CC(C)C)(CC(C)C)CC(C)C. The Labute approximate surface area is 186 Å². The first kappa shape index (κ1) is 29.0. The first-order valence-corrected chi connectivity index (χ1v) is 12.8. The van der Waals surface area contributed by atoms with Crippen LogP contribution in [0.2, 0.25) is 0 Å². The molecule has 0 atom stereocenters. The highest BCUT2D eigenvalue weighted by atomic mass is 16.5. The monoisotopic (exact) mass is 410 g/mol. The Balaban J connectivity index is 5.55. The van der Waals surface area contributed by atoms with E-state index in [0.717, 1.165) is 48.7 Å². The molecule has 0 bridgehead atoms. The van der Waals surface area contributed by atoms with E-state index in [4.69, 9.17) is 4.74 Å². The molecule has 0 amide bonds. The van der Waals surface area contributed by atoms with Crippen molar-refractivity contribution in [3.8, 4) is 0 Å². The van der Waals surface area contributed by atoms with Crippen LogP contribution in [0.15, 0.2) is 0 Å². The van der Waals surface area contributed by atoms with E-state index in [-0.39, 0.29) is 0 Å². The van der Waals surface area contributed by atoms with E-state index in [9.17, 15) is 0 Å². The zero-order valence-corrected chi connectivity index (χ0v) is 22.5. The molecule has 0 saturated heterocycles. The van der Waals surface area contributed by atoms with Crippen molar-refractivity contribution < 1.29 is 4.74 Å². The van der Waals surface area contributed by atoms with Crippen molar-refractivity contribution in [1.82, 2.24) is 0 Å². The fourth-order valence-corrected chi connectivity index (χ4v) is 6.53.